The molecular weight excluding hydrogens is 444 g/mol. The number of hydrogen-bond acceptors (Lipinski definition) is 5. The Morgan fingerprint density at radius 2 is 1.65 bits per heavy atom. The van der Waals surface area contributed by atoms with E-state index in [2.05, 4.69) is 39.6 Å². The number of carbonyl (C=O) groups excluding carboxylic acids is 2. The van der Waals surface area contributed by atoms with Gasteiger partial charge < -0.3 is 20.4 Å². The summed E-state index contributed by atoms with van der Waals surface area (Å²) in [5, 5.41) is 6.09. The van der Waals surface area contributed by atoms with Gasteiger partial charge >= 0.3 is 0 Å². The summed E-state index contributed by atoms with van der Waals surface area (Å²) in [7, 11) is 2.15. The molecule has 0 spiro atoms. The van der Waals surface area contributed by atoms with Gasteiger partial charge in [0, 0.05) is 49.0 Å². The van der Waals surface area contributed by atoms with Crippen LogP contribution in [0.5, 0.6) is 0 Å². The van der Waals surface area contributed by atoms with Crippen LogP contribution in [0.4, 0.5) is 11.4 Å². The minimum Gasteiger partial charge on any atom is -0.369 e. The molecule has 2 N–H and O–H groups in total. The fourth-order valence-electron chi connectivity index (χ4n) is 4.64. The van der Waals surface area contributed by atoms with Gasteiger partial charge in [0.2, 0.25) is 5.91 Å². The van der Waals surface area contributed by atoms with Crippen LogP contribution in [-0.2, 0) is 4.79 Å². The van der Waals surface area contributed by atoms with Crippen LogP contribution in [-0.4, -0.2) is 62.2 Å². The van der Waals surface area contributed by atoms with E-state index in [1.54, 1.807) is 0 Å². The number of nitrogens with one attached hydrogen (secondary N) is 2. The number of rotatable bonds is 8. The molecule has 1 saturated heterocycles. The highest BCUT2D eigenvalue weighted by atomic mass is 32.2. The first-order chi connectivity index (χ1) is 16.6. The lowest BCUT2D eigenvalue weighted by Crippen LogP contribution is -2.44. The average Bonchev–Trinajstić information content (AvgIpc) is 2.88. The van der Waals surface area contributed by atoms with E-state index in [0.717, 1.165) is 43.3 Å². The first kappa shape index (κ1) is 24.6. The second-order valence-corrected chi connectivity index (χ2v) is 10.4. The number of benzene rings is 2. The number of anilines is 2. The molecule has 0 unspecified atom stereocenters. The molecule has 1 aliphatic carbocycles. The highest BCUT2D eigenvalue weighted by molar-refractivity contribution is 8.00. The Labute approximate surface area is 207 Å². The van der Waals surface area contributed by atoms with Gasteiger partial charge in [-0.3, -0.25) is 9.59 Å². The summed E-state index contributed by atoms with van der Waals surface area (Å²) in [5.74, 6) is 0.809. The third-order valence-electron chi connectivity index (χ3n) is 6.80. The summed E-state index contributed by atoms with van der Waals surface area (Å²) < 4.78 is 0. The molecule has 34 heavy (non-hydrogen) atoms. The molecule has 2 aliphatic rings. The van der Waals surface area contributed by atoms with Gasteiger partial charge in [0.05, 0.1) is 11.3 Å². The maximum absolute atomic E-state index is 13.0. The van der Waals surface area contributed by atoms with Crippen molar-refractivity contribution in [1.29, 1.82) is 0 Å². The lowest BCUT2D eigenvalue weighted by Gasteiger charge is -2.34. The van der Waals surface area contributed by atoms with Crippen molar-refractivity contribution in [2.45, 2.75) is 37.0 Å². The summed E-state index contributed by atoms with van der Waals surface area (Å²) in [4.78, 5) is 30.9. The maximum Gasteiger partial charge on any atom is 0.256 e. The zero-order valence-corrected chi connectivity index (χ0v) is 20.9. The standard InChI is InChI=1S/C27H36N4O2S/c1-30-15-17-31(18-16-30)23-13-11-22(12-14-23)29-27(33)24-9-5-6-10-25(24)34-20-26(32)28-19-21-7-3-2-4-8-21/h5-6,9-14,21H,2-4,7-8,15-20H2,1H3,(H,28,32)(H,29,33). The van der Waals surface area contributed by atoms with Crippen molar-refractivity contribution in [1.82, 2.24) is 10.2 Å². The Morgan fingerprint density at radius 3 is 2.38 bits per heavy atom. The van der Waals surface area contributed by atoms with E-state index in [9.17, 15) is 9.59 Å². The Morgan fingerprint density at radius 1 is 0.941 bits per heavy atom. The lowest BCUT2D eigenvalue weighted by molar-refractivity contribution is -0.118. The van der Waals surface area contributed by atoms with Gasteiger partial charge in [-0.2, -0.15) is 0 Å². The van der Waals surface area contributed by atoms with Gasteiger partial charge in [0.15, 0.2) is 0 Å². The Kier molecular flexibility index (Phi) is 8.88. The number of nitrogens with zero attached hydrogens (tertiary/aromatic N) is 2. The van der Waals surface area contributed by atoms with Gasteiger partial charge in [-0.1, -0.05) is 31.4 Å². The molecule has 7 heteroatoms. The second-order valence-electron chi connectivity index (χ2n) is 9.38. The van der Waals surface area contributed by atoms with Crippen LogP contribution in [0.1, 0.15) is 42.5 Å². The number of carbonyl (C=O) groups is 2. The number of piperazine rings is 1. The molecular formula is C27H36N4O2S. The molecule has 0 aromatic heterocycles. The van der Waals surface area contributed by atoms with Crippen molar-refractivity contribution in [2.24, 2.45) is 5.92 Å². The minimum absolute atomic E-state index is 0.0327. The third kappa shape index (κ3) is 7.00. The van der Waals surface area contributed by atoms with E-state index in [0.29, 0.717) is 17.2 Å². The molecule has 0 bridgehead atoms. The van der Waals surface area contributed by atoms with Crippen molar-refractivity contribution in [3.8, 4) is 0 Å². The van der Waals surface area contributed by atoms with Gasteiger partial charge in [-0.15, -0.1) is 11.8 Å². The molecule has 182 valence electrons. The normalized spacial score (nSPS) is 17.4. The van der Waals surface area contributed by atoms with Crippen molar-refractivity contribution in [2.75, 3.05) is 55.7 Å². The monoisotopic (exact) mass is 480 g/mol. The first-order valence-electron chi connectivity index (χ1n) is 12.4. The molecule has 1 heterocycles. The zero-order valence-electron chi connectivity index (χ0n) is 20.1. The van der Waals surface area contributed by atoms with E-state index in [1.807, 2.05) is 36.4 Å². The fourth-order valence-corrected chi connectivity index (χ4v) is 5.52. The topological polar surface area (TPSA) is 64.7 Å². The zero-order chi connectivity index (χ0) is 23.8. The SMILES string of the molecule is CN1CCN(c2ccc(NC(=O)c3ccccc3SCC(=O)NCC3CCCCC3)cc2)CC1. The predicted octanol–water partition coefficient (Wildman–Crippen LogP) is 4.48. The smallest absolute Gasteiger partial charge is 0.256 e. The molecule has 2 amide bonds. The van der Waals surface area contributed by atoms with Crippen molar-refractivity contribution >= 4 is 35.0 Å². The van der Waals surface area contributed by atoms with Crippen molar-refractivity contribution < 1.29 is 9.59 Å². The molecule has 2 fully saturated rings. The largest absolute Gasteiger partial charge is 0.369 e. The minimum atomic E-state index is -0.155. The summed E-state index contributed by atoms with van der Waals surface area (Å²) >= 11 is 1.42. The third-order valence-corrected chi connectivity index (χ3v) is 7.87. The Hall–Kier alpha value is -2.51. The van der Waals surface area contributed by atoms with E-state index in [-0.39, 0.29) is 11.8 Å². The summed E-state index contributed by atoms with van der Waals surface area (Å²) in [6, 6.07) is 15.5. The van der Waals surface area contributed by atoms with E-state index in [4.69, 9.17) is 0 Å². The van der Waals surface area contributed by atoms with Crippen LogP contribution in [0, 0.1) is 5.92 Å². The van der Waals surface area contributed by atoms with E-state index >= 15 is 0 Å². The van der Waals surface area contributed by atoms with Crippen molar-refractivity contribution in [3.63, 3.8) is 0 Å². The van der Waals surface area contributed by atoms with Crippen LogP contribution in [0.3, 0.4) is 0 Å². The van der Waals surface area contributed by atoms with Gasteiger partial charge in [0.1, 0.15) is 0 Å². The molecule has 2 aromatic rings. The Balaban J connectivity index is 1.29. The van der Waals surface area contributed by atoms with Gasteiger partial charge in [-0.25, -0.2) is 0 Å². The fraction of sp³-hybridized carbons (Fsp3) is 0.481. The molecule has 1 saturated carbocycles. The second kappa shape index (κ2) is 12.3. The lowest BCUT2D eigenvalue weighted by atomic mass is 9.89. The quantitative estimate of drug-likeness (QED) is 0.546. The number of thioether (sulfide) groups is 1. The van der Waals surface area contributed by atoms with Crippen molar-refractivity contribution in [3.05, 3.63) is 54.1 Å². The first-order valence-corrected chi connectivity index (χ1v) is 13.4. The molecule has 2 aromatic carbocycles. The molecule has 6 nitrogen and oxygen atoms in total. The van der Waals surface area contributed by atoms with Crippen LogP contribution in [0.25, 0.3) is 0 Å². The molecule has 4 rings (SSSR count). The van der Waals surface area contributed by atoms with Gasteiger partial charge in [0.25, 0.3) is 5.91 Å². The molecule has 0 atom stereocenters. The summed E-state index contributed by atoms with van der Waals surface area (Å²) in [5.41, 5.74) is 2.55. The molecule has 0 radical (unpaired) electrons. The van der Waals surface area contributed by atoms with Crippen LogP contribution < -0.4 is 15.5 Å². The summed E-state index contributed by atoms with van der Waals surface area (Å²) in [6.45, 7) is 4.92. The van der Waals surface area contributed by atoms with Crippen LogP contribution in [0.2, 0.25) is 0 Å². The van der Waals surface area contributed by atoms with E-state index in [1.165, 1.54) is 49.6 Å². The predicted molar refractivity (Wildman–Crippen MR) is 141 cm³/mol. The number of hydrogen-bond donors (Lipinski definition) is 2. The van der Waals surface area contributed by atoms with Gasteiger partial charge in [-0.05, 0) is 62.2 Å². The van der Waals surface area contributed by atoms with Crippen LogP contribution in [0.15, 0.2) is 53.4 Å². The molecule has 1 aliphatic heterocycles. The highest BCUT2D eigenvalue weighted by Crippen LogP contribution is 2.25. The number of likely N-dealkylation sites (N-methyl/N-ethyl adjacent to an activating group) is 1. The van der Waals surface area contributed by atoms with Crippen LogP contribution >= 0.6 is 11.8 Å². The maximum atomic E-state index is 13.0. The van der Waals surface area contributed by atoms with E-state index < -0.39 is 0 Å². The summed E-state index contributed by atoms with van der Waals surface area (Å²) in [6.07, 6.45) is 6.30. The Bertz CT molecular complexity index is 951. The highest BCUT2D eigenvalue weighted by Gasteiger charge is 2.17. The average molecular weight is 481 g/mol. The number of amides is 2.